The molecule has 1 aliphatic heterocycles. The van der Waals surface area contributed by atoms with Gasteiger partial charge in [0.25, 0.3) is 0 Å². The minimum Gasteiger partial charge on any atom is -0.336 e. The number of alkyl halides is 3. The van der Waals surface area contributed by atoms with Crippen molar-refractivity contribution in [2.45, 2.75) is 32.4 Å². The number of amidine groups is 1. The van der Waals surface area contributed by atoms with Gasteiger partial charge in [-0.3, -0.25) is 9.69 Å². The van der Waals surface area contributed by atoms with E-state index in [2.05, 4.69) is 20.9 Å². The minimum atomic E-state index is -4.45. The Morgan fingerprint density at radius 2 is 1.56 bits per heavy atom. The van der Waals surface area contributed by atoms with Gasteiger partial charge in [0.15, 0.2) is 5.17 Å². The van der Waals surface area contributed by atoms with E-state index in [0.29, 0.717) is 23.8 Å². The molecule has 0 spiro atoms. The summed E-state index contributed by atoms with van der Waals surface area (Å²) in [5.41, 5.74) is 2.52. The van der Waals surface area contributed by atoms with Crippen molar-refractivity contribution in [2.75, 3.05) is 27.8 Å². The van der Waals surface area contributed by atoms with Gasteiger partial charge in [0, 0.05) is 17.9 Å². The SMILES string of the molecule is CC(C)c1ccccc1N1C(=O)CS/C1=N\C(=O)NCCc1ccc(NC(=O)Nc2ccc(C(F)(F)F)cc2)cc1. The number of nitrogens with one attached hydrogen (secondary N) is 3. The molecule has 4 rings (SSSR count). The van der Waals surface area contributed by atoms with Gasteiger partial charge in [-0.05, 0) is 65.9 Å². The molecule has 214 valence electrons. The topological polar surface area (TPSA) is 103 Å². The fourth-order valence-electron chi connectivity index (χ4n) is 4.09. The van der Waals surface area contributed by atoms with Crippen molar-refractivity contribution < 1.29 is 27.6 Å². The number of benzene rings is 3. The predicted molar refractivity (Wildman–Crippen MR) is 156 cm³/mol. The lowest BCUT2D eigenvalue weighted by Gasteiger charge is -2.21. The van der Waals surface area contributed by atoms with Gasteiger partial charge >= 0.3 is 18.2 Å². The van der Waals surface area contributed by atoms with E-state index in [4.69, 9.17) is 0 Å². The van der Waals surface area contributed by atoms with Crippen LogP contribution >= 0.6 is 11.8 Å². The van der Waals surface area contributed by atoms with Crippen molar-refractivity contribution in [3.63, 3.8) is 0 Å². The number of hydrogen-bond acceptors (Lipinski definition) is 4. The molecule has 1 saturated heterocycles. The molecule has 0 aromatic heterocycles. The van der Waals surface area contributed by atoms with Gasteiger partial charge in [-0.1, -0.05) is 55.9 Å². The summed E-state index contributed by atoms with van der Waals surface area (Å²) < 4.78 is 38.0. The fourth-order valence-corrected chi connectivity index (χ4v) is 4.95. The molecule has 0 aliphatic carbocycles. The lowest BCUT2D eigenvalue weighted by atomic mass is 10.0. The molecule has 1 heterocycles. The highest BCUT2D eigenvalue weighted by Crippen LogP contribution is 2.33. The summed E-state index contributed by atoms with van der Waals surface area (Å²) in [7, 11) is 0. The maximum absolute atomic E-state index is 12.7. The van der Waals surface area contributed by atoms with Gasteiger partial charge in [-0.15, -0.1) is 0 Å². The Hall–Kier alpha value is -4.32. The third-order valence-electron chi connectivity index (χ3n) is 6.13. The third-order valence-corrected chi connectivity index (χ3v) is 7.06. The maximum atomic E-state index is 12.7. The summed E-state index contributed by atoms with van der Waals surface area (Å²) in [4.78, 5) is 43.0. The highest BCUT2D eigenvalue weighted by atomic mass is 32.2. The van der Waals surface area contributed by atoms with Crippen LogP contribution in [-0.4, -0.2) is 35.4 Å². The number of nitrogens with zero attached hydrogens (tertiary/aromatic N) is 2. The number of anilines is 3. The summed E-state index contributed by atoms with van der Waals surface area (Å²) >= 11 is 1.22. The zero-order chi connectivity index (χ0) is 29.6. The van der Waals surface area contributed by atoms with Crippen molar-refractivity contribution in [3.05, 3.63) is 89.5 Å². The van der Waals surface area contributed by atoms with Crippen LogP contribution in [0, 0.1) is 0 Å². The van der Waals surface area contributed by atoms with E-state index in [0.717, 1.165) is 28.9 Å². The number of rotatable bonds is 7. The standard InChI is InChI=1S/C29H28F3N5O3S/c1-18(2)23-5-3-4-6-24(23)37-25(38)17-41-28(37)36-26(39)33-16-15-19-7-11-21(12-8-19)34-27(40)35-22-13-9-20(10-14-22)29(30,31)32/h3-14,18H,15-17H2,1-2H3,(H,33,39)(H2,34,35,40)/b36-28-. The van der Waals surface area contributed by atoms with Crippen molar-refractivity contribution in [1.82, 2.24) is 5.32 Å². The number of carbonyl (C=O) groups excluding carboxylic acids is 3. The van der Waals surface area contributed by atoms with E-state index in [1.54, 1.807) is 24.3 Å². The molecular formula is C29H28F3N5O3S. The Kier molecular flexibility index (Phi) is 9.33. The van der Waals surface area contributed by atoms with Crippen molar-refractivity contribution in [3.8, 4) is 0 Å². The molecule has 0 bridgehead atoms. The number of hydrogen-bond donors (Lipinski definition) is 3. The Bertz CT molecular complexity index is 1440. The predicted octanol–water partition coefficient (Wildman–Crippen LogP) is 6.86. The summed E-state index contributed by atoms with van der Waals surface area (Å²) in [6.45, 7) is 4.38. The summed E-state index contributed by atoms with van der Waals surface area (Å²) in [6.07, 6.45) is -3.95. The minimum absolute atomic E-state index is 0.128. The molecule has 3 aromatic rings. The van der Waals surface area contributed by atoms with E-state index in [9.17, 15) is 27.6 Å². The second-order valence-corrected chi connectivity index (χ2v) is 10.4. The number of urea groups is 2. The van der Waals surface area contributed by atoms with Crippen LogP contribution in [0.1, 0.15) is 36.5 Å². The van der Waals surface area contributed by atoms with Crippen LogP contribution in [0.5, 0.6) is 0 Å². The number of aliphatic imine (C=N–C) groups is 1. The van der Waals surface area contributed by atoms with Gasteiger partial charge in [-0.2, -0.15) is 18.2 Å². The number of para-hydroxylation sites is 1. The van der Waals surface area contributed by atoms with Crippen molar-refractivity contribution >= 4 is 52.0 Å². The van der Waals surface area contributed by atoms with Gasteiger partial charge in [0.1, 0.15) is 0 Å². The highest BCUT2D eigenvalue weighted by Gasteiger charge is 2.32. The van der Waals surface area contributed by atoms with Crippen LogP contribution in [0.25, 0.3) is 0 Å². The van der Waals surface area contributed by atoms with E-state index in [-0.39, 0.29) is 23.3 Å². The molecule has 0 unspecified atom stereocenters. The summed E-state index contributed by atoms with van der Waals surface area (Å²) in [5.74, 6) is 0.271. The Labute approximate surface area is 239 Å². The number of carbonyl (C=O) groups is 3. The average Bonchev–Trinajstić information content (AvgIpc) is 3.28. The number of thioether (sulfide) groups is 1. The quantitative estimate of drug-likeness (QED) is 0.283. The van der Waals surface area contributed by atoms with E-state index < -0.39 is 23.8 Å². The van der Waals surface area contributed by atoms with Gasteiger partial charge in [0.2, 0.25) is 5.91 Å². The Morgan fingerprint density at radius 1 is 0.951 bits per heavy atom. The maximum Gasteiger partial charge on any atom is 0.416 e. The van der Waals surface area contributed by atoms with Crippen LogP contribution in [-0.2, 0) is 17.4 Å². The van der Waals surface area contributed by atoms with Crippen LogP contribution in [0.2, 0.25) is 0 Å². The van der Waals surface area contributed by atoms with Crippen LogP contribution < -0.4 is 20.9 Å². The second-order valence-electron chi connectivity index (χ2n) is 9.46. The zero-order valence-corrected chi connectivity index (χ0v) is 23.1. The van der Waals surface area contributed by atoms with Crippen LogP contribution in [0.15, 0.2) is 77.8 Å². The Morgan fingerprint density at radius 3 is 2.17 bits per heavy atom. The number of amides is 5. The smallest absolute Gasteiger partial charge is 0.336 e. The molecule has 3 aromatic carbocycles. The summed E-state index contributed by atoms with van der Waals surface area (Å²) in [6, 6.07) is 17.5. The first-order valence-corrected chi connectivity index (χ1v) is 13.7. The van der Waals surface area contributed by atoms with Gasteiger partial charge in [0.05, 0.1) is 17.0 Å². The summed E-state index contributed by atoms with van der Waals surface area (Å²) in [5, 5.41) is 8.18. The largest absolute Gasteiger partial charge is 0.416 e. The highest BCUT2D eigenvalue weighted by molar-refractivity contribution is 8.15. The monoisotopic (exact) mass is 583 g/mol. The molecule has 41 heavy (non-hydrogen) atoms. The molecule has 12 heteroatoms. The molecule has 0 atom stereocenters. The van der Waals surface area contributed by atoms with Crippen LogP contribution in [0.4, 0.5) is 39.8 Å². The normalized spacial score (nSPS) is 14.4. The van der Waals surface area contributed by atoms with E-state index >= 15 is 0 Å². The van der Waals surface area contributed by atoms with Crippen molar-refractivity contribution in [2.24, 2.45) is 4.99 Å². The van der Waals surface area contributed by atoms with Gasteiger partial charge < -0.3 is 16.0 Å². The third kappa shape index (κ3) is 7.88. The molecular weight excluding hydrogens is 555 g/mol. The second kappa shape index (κ2) is 12.9. The van der Waals surface area contributed by atoms with Gasteiger partial charge in [-0.25, -0.2) is 9.59 Å². The lowest BCUT2D eigenvalue weighted by Crippen LogP contribution is -2.32. The average molecular weight is 584 g/mol. The van der Waals surface area contributed by atoms with E-state index in [1.807, 2.05) is 38.1 Å². The number of halogens is 3. The molecule has 5 amide bonds. The molecule has 0 radical (unpaired) electrons. The van der Waals surface area contributed by atoms with E-state index in [1.165, 1.54) is 28.8 Å². The molecule has 3 N–H and O–H groups in total. The first-order chi connectivity index (χ1) is 19.5. The zero-order valence-electron chi connectivity index (χ0n) is 22.3. The van der Waals surface area contributed by atoms with Crippen molar-refractivity contribution in [1.29, 1.82) is 0 Å². The first kappa shape index (κ1) is 29.7. The first-order valence-electron chi connectivity index (χ1n) is 12.8. The molecule has 8 nitrogen and oxygen atoms in total. The van der Waals surface area contributed by atoms with Crippen LogP contribution in [0.3, 0.4) is 0 Å². The fraction of sp³-hybridized carbons (Fsp3) is 0.241. The molecule has 0 saturated carbocycles. The lowest BCUT2D eigenvalue weighted by molar-refractivity contribution is -0.137. The Balaban J connectivity index is 1.27. The molecule has 1 aliphatic rings. The molecule has 1 fully saturated rings.